The molecular formula is C13H19NO3. The lowest BCUT2D eigenvalue weighted by Crippen LogP contribution is -2.34. The molecular weight excluding hydrogens is 218 g/mol. The number of aliphatic hydroxyl groups is 1. The molecule has 0 saturated carbocycles. The van der Waals surface area contributed by atoms with Crippen LogP contribution in [0.4, 0.5) is 0 Å². The molecule has 0 aliphatic rings. The molecule has 0 aromatic heterocycles. The molecule has 1 unspecified atom stereocenters. The SMILES string of the molecule is COc1ccccc1CC(=O)NC(C)CCO. The Hall–Kier alpha value is -1.55. The number of benzene rings is 1. The Balaban J connectivity index is 2.55. The molecule has 0 fully saturated rings. The third kappa shape index (κ3) is 4.44. The van der Waals surface area contributed by atoms with E-state index in [9.17, 15) is 4.79 Å². The predicted octanol–water partition coefficient (Wildman–Crippen LogP) is 1.12. The van der Waals surface area contributed by atoms with Crippen molar-refractivity contribution in [1.82, 2.24) is 5.32 Å². The summed E-state index contributed by atoms with van der Waals surface area (Å²) in [6.07, 6.45) is 0.859. The van der Waals surface area contributed by atoms with Crippen LogP contribution < -0.4 is 10.1 Å². The fourth-order valence-corrected chi connectivity index (χ4v) is 1.61. The van der Waals surface area contributed by atoms with E-state index in [1.54, 1.807) is 7.11 Å². The minimum absolute atomic E-state index is 0.0118. The number of aliphatic hydroxyl groups excluding tert-OH is 1. The maximum absolute atomic E-state index is 11.7. The normalized spacial score (nSPS) is 11.9. The van der Waals surface area contributed by atoms with E-state index < -0.39 is 0 Å². The van der Waals surface area contributed by atoms with Gasteiger partial charge in [-0.1, -0.05) is 18.2 Å². The first-order valence-corrected chi connectivity index (χ1v) is 5.69. The molecule has 0 radical (unpaired) electrons. The fourth-order valence-electron chi connectivity index (χ4n) is 1.61. The van der Waals surface area contributed by atoms with E-state index in [1.807, 2.05) is 31.2 Å². The van der Waals surface area contributed by atoms with Crippen LogP contribution in [0.1, 0.15) is 18.9 Å². The Labute approximate surface area is 102 Å². The standard InChI is InChI=1S/C13H19NO3/c1-10(7-8-15)14-13(16)9-11-5-3-4-6-12(11)17-2/h3-6,10,15H,7-9H2,1-2H3,(H,14,16). The fraction of sp³-hybridized carbons (Fsp3) is 0.462. The monoisotopic (exact) mass is 237 g/mol. The molecule has 17 heavy (non-hydrogen) atoms. The highest BCUT2D eigenvalue weighted by atomic mass is 16.5. The summed E-state index contributed by atoms with van der Waals surface area (Å²) in [5.74, 6) is 0.660. The smallest absolute Gasteiger partial charge is 0.224 e. The molecule has 1 amide bonds. The Morgan fingerprint density at radius 2 is 2.18 bits per heavy atom. The first-order valence-electron chi connectivity index (χ1n) is 5.69. The van der Waals surface area contributed by atoms with Gasteiger partial charge in [-0.3, -0.25) is 4.79 Å². The van der Waals surface area contributed by atoms with E-state index >= 15 is 0 Å². The number of para-hydroxylation sites is 1. The van der Waals surface area contributed by atoms with Crippen molar-refractivity contribution >= 4 is 5.91 Å². The highest BCUT2D eigenvalue weighted by Gasteiger charge is 2.10. The van der Waals surface area contributed by atoms with Crippen molar-refractivity contribution in [2.24, 2.45) is 0 Å². The second kappa shape index (κ2) is 6.91. The van der Waals surface area contributed by atoms with Gasteiger partial charge in [0.1, 0.15) is 5.75 Å². The lowest BCUT2D eigenvalue weighted by atomic mass is 10.1. The largest absolute Gasteiger partial charge is 0.496 e. The molecule has 1 rings (SSSR count). The van der Waals surface area contributed by atoms with Crippen LogP contribution in [0.15, 0.2) is 24.3 Å². The van der Waals surface area contributed by atoms with E-state index in [2.05, 4.69) is 5.32 Å². The maximum atomic E-state index is 11.7. The topological polar surface area (TPSA) is 58.6 Å². The van der Waals surface area contributed by atoms with Crippen molar-refractivity contribution in [2.75, 3.05) is 13.7 Å². The van der Waals surface area contributed by atoms with E-state index in [0.29, 0.717) is 12.8 Å². The van der Waals surface area contributed by atoms with Gasteiger partial charge in [0, 0.05) is 18.2 Å². The maximum Gasteiger partial charge on any atom is 0.224 e. The minimum Gasteiger partial charge on any atom is -0.496 e. The number of hydrogen-bond donors (Lipinski definition) is 2. The number of hydrogen-bond acceptors (Lipinski definition) is 3. The van der Waals surface area contributed by atoms with E-state index in [-0.39, 0.29) is 18.6 Å². The molecule has 0 aliphatic carbocycles. The van der Waals surface area contributed by atoms with E-state index in [1.165, 1.54) is 0 Å². The summed E-state index contributed by atoms with van der Waals surface area (Å²) < 4.78 is 5.18. The van der Waals surface area contributed by atoms with Gasteiger partial charge >= 0.3 is 0 Å². The van der Waals surface area contributed by atoms with Crippen LogP contribution in [0.5, 0.6) is 5.75 Å². The second-order valence-corrected chi connectivity index (χ2v) is 3.97. The van der Waals surface area contributed by atoms with E-state index in [4.69, 9.17) is 9.84 Å². The van der Waals surface area contributed by atoms with Crippen molar-refractivity contribution in [2.45, 2.75) is 25.8 Å². The zero-order valence-electron chi connectivity index (χ0n) is 10.3. The Morgan fingerprint density at radius 3 is 2.82 bits per heavy atom. The number of nitrogens with one attached hydrogen (secondary N) is 1. The number of methoxy groups -OCH3 is 1. The number of carbonyl (C=O) groups excluding carboxylic acids is 1. The molecule has 0 aliphatic heterocycles. The zero-order chi connectivity index (χ0) is 12.7. The summed E-state index contributed by atoms with van der Waals surface area (Å²) in [6.45, 7) is 1.95. The highest BCUT2D eigenvalue weighted by molar-refractivity contribution is 5.79. The van der Waals surface area contributed by atoms with Gasteiger partial charge in [0.25, 0.3) is 0 Å². The molecule has 4 heteroatoms. The minimum atomic E-state index is -0.0598. The highest BCUT2D eigenvalue weighted by Crippen LogP contribution is 2.17. The summed E-state index contributed by atoms with van der Waals surface area (Å²) >= 11 is 0. The van der Waals surface area contributed by atoms with Gasteiger partial charge in [0.15, 0.2) is 0 Å². The number of ether oxygens (including phenoxy) is 1. The molecule has 0 bridgehead atoms. The number of amides is 1. The molecule has 1 atom stereocenters. The van der Waals surface area contributed by atoms with Crippen LogP contribution in [0.2, 0.25) is 0 Å². The first-order chi connectivity index (χ1) is 8.17. The molecule has 94 valence electrons. The average Bonchev–Trinajstić information content (AvgIpc) is 2.29. The van der Waals surface area contributed by atoms with Crippen molar-refractivity contribution in [3.05, 3.63) is 29.8 Å². The molecule has 0 heterocycles. The molecule has 1 aromatic rings. The van der Waals surface area contributed by atoms with Crippen molar-refractivity contribution in [3.8, 4) is 5.75 Å². The van der Waals surface area contributed by atoms with Crippen molar-refractivity contribution in [1.29, 1.82) is 0 Å². The summed E-state index contributed by atoms with van der Waals surface area (Å²) in [5.41, 5.74) is 0.865. The van der Waals surface area contributed by atoms with Gasteiger partial charge < -0.3 is 15.2 Å². The molecule has 2 N–H and O–H groups in total. The second-order valence-electron chi connectivity index (χ2n) is 3.97. The van der Waals surface area contributed by atoms with Gasteiger partial charge in [-0.05, 0) is 19.4 Å². The van der Waals surface area contributed by atoms with Crippen LogP contribution in [0, 0.1) is 0 Å². The van der Waals surface area contributed by atoms with Crippen molar-refractivity contribution in [3.63, 3.8) is 0 Å². The number of rotatable bonds is 6. The van der Waals surface area contributed by atoms with Crippen LogP contribution >= 0.6 is 0 Å². The Bertz CT molecular complexity index is 365. The molecule has 1 aromatic carbocycles. The van der Waals surface area contributed by atoms with Crippen LogP contribution in [0.25, 0.3) is 0 Å². The van der Waals surface area contributed by atoms with Crippen molar-refractivity contribution < 1.29 is 14.6 Å². The number of carbonyl (C=O) groups is 1. The predicted molar refractivity (Wildman–Crippen MR) is 66.0 cm³/mol. The summed E-state index contributed by atoms with van der Waals surface area (Å²) in [7, 11) is 1.59. The molecule has 0 spiro atoms. The average molecular weight is 237 g/mol. The van der Waals surface area contributed by atoms with E-state index in [0.717, 1.165) is 11.3 Å². The molecule has 0 saturated heterocycles. The van der Waals surface area contributed by atoms with Crippen LogP contribution in [-0.2, 0) is 11.2 Å². The van der Waals surface area contributed by atoms with Gasteiger partial charge in [-0.25, -0.2) is 0 Å². The van der Waals surface area contributed by atoms with Gasteiger partial charge in [0.2, 0.25) is 5.91 Å². The Kier molecular flexibility index (Phi) is 5.49. The Morgan fingerprint density at radius 1 is 1.47 bits per heavy atom. The van der Waals surface area contributed by atoms with Gasteiger partial charge in [-0.15, -0.1) is 0 Å². The zero-order valence-corrected chi connectivity index (χ0v) is 10.3. The summed E-state index contributed by atoms with van der Waals surface area (Å²) in [5, 5.41) is 11.6. The lowest BCUT2D eigenvalue weighted by molar-refractivity contribution is -0.121. The van der Waals surface area contributed by atoms with Crippen LogP contribution in [-0.4, -0.2) is 30.8 Å². The summed E-state index contributed by atoms with van der Waals surface area (Å²) in [4.78, 5) is 11.7. The van der Waals surface area contributed by atoms with Gasteiger partial charge in [-0.2, -0.15) is 0 Å². The summed E-state index contributed by atoms with van der Waals surface area (Å²) in [6, 6.07) is 7.44. The molecule has 4 nitrogen and oxygen atoms in total. The third-order valence-electron chi connectivity index (χ3n) is 2.51. The van der Waals surface area contributed by atoms with Gasteiger partial charge in [0.05, 0.1) is 13.5 Å². The third-order valence-corrected chi connectivity index (χ3v) is 2.51. The quantitative estimate of drug-likeness (QED) is 0.779. The van der Waals surface area contributed by atoms with Crippen LogP contribution in [0.3, 0.4) is 0 Å². The lowest BCUT2D eigenvalue weighted by Gasteiger charge is -2.13. The first kappa shape index (κ1) is 13.5.